The fourth-order valence-electron chi connectivity index (χ4n) is 3.97. The summed E-state index contributed by atoms with van der Waals surface area (Å²) in [6.45, 7) is 2.05. The number of fused-ring (bicyclic) bond motifs is 1. The van der Waals surface area contributed by atoms with Gasteiger partial charge in [-0.15, -0.1) is 5.10 Å². The fourth-order valence-corrected chi connectivity index (χ4v) is 5.35. The van der Waals surface area contributed by atoms with Crippen LogP contribution in [0.2, 0.25) is 5.02 Å². The van der Waals surface area contributed by atoms with Gasteiger partial charge < -0.3 is 10.1 Å². The Kier molecular flexibility index (Phi) is 7.46. The molecule has 5 rings (SSSR count). The van der Waals surface area contributed by atoms with E-state index in [0.29, 0.717) is 33.2 Å². The molecule has 1 atom stereocenters. The molecule has 0 aliphatic carbocycles. The van der Waals surface area contributed by atoms with Crippen LogP contribution in [0, 0.1) is 0 Å². The van der Waals surface area contributed by atoms with Crippen molar-refractivity contribution in [1.29, 1.82) is 0 Å². The van der Waals surface area contributed by atoms with Crippen LogP contribution >= 0.6 is 39.3 Å². The van der Waals surface area contributed by atoms with Gasteiger partial charge in [0.05, 0.1) is 5.57 Å². The van der Waals surface area contributed by atoms with Gasteiger partial charge in [-0.1, -0.05) is 100.0 Å². The molecule has 0 radical (unpaired) electrons. The maximum absolute atomic E-state index is 13.4. The maximum atomic E-state index is 13.4. The zero-order valence-electron chi connectivity index (χ0n) is 19.3. The van der Waals surface area contributed by atoms with E-state index in [9.17, 15) is 4.79 Å². The maximum Gasteiger partial charge on any atom is 0.338 e. The number of allylic oxidation sites excluding steroid dienone is 1. The summed E-state index contributed by atoms with van der Waals surface area (Å²) >= 11 is 11.3. The SMILES string of the molecule is CC1=C(C(=O)OCc2ccccc2)C(c2ccc(Br)cc2)n2nc(SCc3ccccc3Cl)nc2N1. The van der Waals surface area contributed by atoms with Gasteiger partial charge >= 0.3 is 5.97 Å². The summed E-state index contributed by atoms with van der Waals surface area (Å²) in [7, 11) is 0. The molecule has 1 aliphatic heterocycles. The van der Waals surface area contributed by atoms with E-state index in [1.54, 1.807) is 4.68 Å². The lowest BCUT2D eigenvalue weighted by atomic mass is 9.96. The van der Waals surface area contributed by atoms with Crippen molar-refractivity contribution in [3.05, 3.63) is 116 Å². The number of carbonyl (C=O) groups is 1. The first-order valence-electron chi connectivity index (χ1n) is 11.3. The predicted molar refractivity (Wildman–Crippen MR) is 146 cm³/mol. The molecule has 182 valence electrons. The van der Waals surface area contributed by atoms with Crippen LogP contribution in [-0.2, 0) is 21.9 Å². The van der Waals surface area contributed by atoms with Crippen molar-refractivity contribution >= 4 is 51.2 Å². The Morgan fingerprint density at radius 3 is 2.56 bits per heavy atom. The van der Waals surface area contributed by atoms with E-state index < -0.39 is 12.0 Å². The summed E-state index contributed by atoms with van der Waals surface area (Å²) < 4.78 is 8.43. The fraction of sp³-hybridized carbons (Fsp3) is 0.148. The van der Waals surface area contributed by atoms with Gasteiger partial charge in [0.15, 0.2) is 0 Å². The number of hydrogen-bond donors (Lipinski definition) is 1. The van der Waals surface area contributed by atoms with Gasteiger partial charge in [-0.05, 0) is 41.8 Å². The van der Waals surface area contributed by atoms with E-state index >= 15 is 0 Å². The lowest BCUT2D eigenvalue weighted by molar-refractivity contribution is -0.140. The Morgan fingerprint density at radius 1 is 1.08 bits per heavy atom. The molecule has 1 aromatic heterocycles. The van der Waals surface area contributed by atoms with Crippen molar-refractivity contribution in [2.24, 2.45) is 0 Å². The van der Waals surface area contributed by atoms with Crippen molar-refractivity contribution in [2.45, 2.75) is 30.5 Å². The Labute approximate surface area is 226 Å². The molecule has 1 N–H and O–H groups in total. The first kappa shape index (κ1) is 24.6. The number of aromatic nitrogens is 3. The zero-order valence-corrected chi connectivity index (χ0v) is 22.5. The smallest absolute Gasteiger partial charge is 0.338 e. The molecule has 3 aromatic carbocycles. The highest BCUT2D eigenvalue weighted by Gasteiger charge is 2.35. The third-order valence-corrected chi connectivity index (χ3v) is 7.55. The van der Waals surface area contributed by atoms with E-state index in [2.05, 4.69) is 21.2 Å². The highest BCUT2D eigenvalue weighted by Crippen LogP contribution is 2.37. The van der Waals surface area contributed by atoms with E-state index in [4.69, 9.17) is 26.4 Å². The number of nitrogens with zero attached hydrogens (tertiary/aromatic N) is 3. The van der Waals surface area contributed by atoms with Gasteiger partial charge in [-0.3, -0.25) is 0 Å². The van der Waals surface area contributed by atoms with Crippen molar-refractivity contribution in [2.75, 3.05) is 5.32 Å². The number of hydrogen-bond acceptors (Lipinski definition) is 6. The summed E-state index contributed by atoms with van der Waals surface area (Å²) in [5.74, 6) is 0.801. The van der Waals surface area contributed by atoms with E-state index in [0.717, 1.165) is 21.2 Å². The minimum absolute atomic E-state index is 0.187. The first-order chi connectivity index (χ1) is 17.5. The molecule has 36 heavy (non-hydrogen) atoms. The van der Waals surface area contributed by atoms with Gasteiger partial charge in [-0.25, -0.2) is 9.48 Å². The lowest BCUT2D eigenvalue weighted by Gasteiger charge is -2.28. The molecular formula is C27H22BrClN4O2S. The number of rotatable bonds is 7. The number of anilines is 1. The molecule has 6 nitrogen and oxygen atoms in total. The average molecular weight is 582 g/mol. The van der Waals surface area contributed by atoms with Gasteiger partial charge in [0.25, 0.3) is 0 Å². The van der Waals surface area contributed by atoms with Crippen molar-refractivity contribution in [1.82, 2.24) is 14.8 Å². The average Bonchev–Trinajstić information content (AvgIpc) is 3.29. The minimum Gasteiger partial charge on any atom is -0.457 e. The number of benzene rings is 3. The number of nitrogens with one attached hydrogen (secondary N) is 1. The van der Waals surface area contributed by atoms with Crippen LogP contribution in [0.3, 0.4) is 0 Å². The summed E-state index contributed by atoms with van der Waals surface area (Å²) in [6, 6.07) is 24.7. The second-order valence-corrected chi connectivity index (χ2v) is 10.5. The number of ether oxygens (including phenoxy) is 1. The van der Waals surface area contributed by atoms with Crippen molar-refractivity contribution in [3.63, 3.8) is 0 Å². The van der Waals surface area contributed by atoms with Crippen LogP contribution in [0.1, 0.15) is 29.7 Å². The number of thioether (sulfide) groups is 1. The quantitative estimate of drug-likeness (QED) is 0.187. The van der Waals surface area contributed by atoms with Gasteiger partial charge in [-0.2, -0.15) is 4.98 Å². The molecule has 2 heterocycles. The molecule has 4 aromatic rings. The van der Waals surface area contributed by atoms with E-state index in [1.165, 1.54) is 11.8 Å². The molecule has 0 spiro atoms. The Balaban J connectivity index is 1.45. The molecular weight excluding hydrogens is 560 g/mol. The van der Waals surface area contributed by atoms with Crippen LogP contribution in [0.25, 0.3) is 0 Å². The number of esters is 1. The van der Waals surface area contributed by atoms with Crippen LogP contribution in [0.4, 0.5) is 5.95 Å². The highest BCUT2D eigenvalue weighted by atomic mass is 79.9. The molecule has 1 unspecified atom stereocenters. The molecule has 0 fully saturated rings. The summed E-state index contributed by atoms with van der Waals surface area (Å²) in [4.78, 5) is 18.1. The molecule has 0 saturated heterocycles. The standard InChI is InChI=1S/C27H22BrClN4O2S/c1-17-23(25(34)35-15-18-7-3-2-4-8-18)24(19-11-13-21(28)14-12-19)33-26(30-17)31-27(32-33)36-16-20-9-5-6-10-22(20)29/h2-14,24H,15-16H2,1H3,(H,30,31,32). The van der Waals surface area contributed by atoms with E-state index in [1.807, 2.05) is 85.8 Å². The molecule has 1 aliphatic rings. The van der Waals surface area contributed by atoms with Gasteiger partial charge in [0, 0.05) is 20.9 Å². The second-order valence-electron chi connectivity index (χ2n) is 8.22. The Morgan fingerprint density at radius 2 is 1.81 bits per heavy atom. The van der Waals surface area contributed by atoms with Crippen LogP contribution < -0.4 is 5.32 Å². The van der Waals surface area contributed by atoms with E-state index in [-0.39, 0.29) is 6.61 Å². The Hall–Kier alpha value is -3.07. The first-order valence-corrected chi connectivity index (χ1v) is 13.4. The third-order valence-electron chi connectivity index (χ3n) is 5.77. The number of carbonyl (C=O) groups excluding carboxylic acids is 1. The second kappa shape index (κ2) is 10.9. The zero-order chi connectivity index (χ0) is 25.1. The largest absolute Gasteiger partial charge is 0.457 e. The van der Waals surface area contributed by atoms with Crippen molar-refractivity contribution in [3.8, 4) is 0 Å². The van der Waals surface area contributed by atoms with Gasteiger partial charge in [0.2, 0.25) is 11.1 Å². The molecule has 0 saturated carbocycles. The molecule has 0 amide bonds. The monoisotopic (exact) mass is 580 g/mol. The minimum atomic E-state index is -0.486. The predicted octanol–water partition coefficient (Wildman–Crippen LogP) is 7.02. The summed E-state index contributed by atoms with van der Waals surface area (Å²) in [6.07, 6.45) is 0. The van der Waals surface area contributed by atoms with Crippen LogP contribution in [0.5, 0.6) is 0 Å². The lowest BCUT2D eigenvalue weighted by Crippen LogP contribution is -2.29. The topological polar surface area (TPSA) is 69.0 Å². The Bertz CT molecular complexity index is 1420. The van der Waals surface area contributed by atoms with Crippen LogP contribution in [0.15, 0.2) is 99.8 Å². The van der Waals surface area contributed by atoms with Crippen LogP contribution in [-0.4, -0.2) is 20.7 Å². The van der Waals surface area contributed by atoms with Crippen molar-refractivity contribution < 1.29 is 9.53 Å². The third kappa shape index (κ3) is 5.36. The normalized spacial score (nSPS) is 14.8. The van der Waals surface area contributed by atoms with Gasteiger partial charge in [0.1, 0.15) is 12.6 Å². The summed E-state index contributed by atoms with van der Waals surface area (Å²) in [5.41, 5.74) is 4.01. The molecule has 0 bridgehead atoms. The number of halogens is 2. The molecule has 9 heteroatoms. The summed E-state index contributed by atoms with van der Waals surface area (Å²) in [5, 5.41) is 9.32. The highest BCUT2D eigenvalue weighted by molar-refractivity contribution is 9.10.